The molecule has 0 unspecified atom stereocenters. The van der Waals surface area contributed by atoms with Gasteiger partial charge < -0.3 is 29.5 Å². The van der Waals surface area contributed by atoms with E-state index in [0.717, 1.165) is 0 Å². The molecule has 0 spiro atoms. The van der Waals surface area contributed by atoms with Crippen LogP contribution < -0.4 is 0 Å². The van der Waals surface area contributed by atoms with Crippen LogP contribution in [-0.4, -0.2) is 86.2 Å². The molecule has 15 nitrogen and oxygen atoms in total. The summed E-state index contributed by atoms with van der Waals surface area (Å²) in [4.78, 5) is 71.8. The van der Waals surface area contributed by atoms with Crippen molar-refractivity contribution in [3.8, 4) is 0 Å². The molecule has 4 rings (SSSR count). The van der Waals surface area contributed by atoms with Gasteiger partial charge in [0.2, 0.25) is 0 Å². The molecule has 2 aliphatic heterocycles. The predicted octanol–water partition coefficient (Wildman–Crippen LogP) is 2.37. The number of methoxy groups -OCH3 is 1. The molecule has 2 aromatic carbocycles. The number of ether oxygens (including phenoxy) is 1. The first kappa shape index (κ1) is 33.7. The van der Waals surface area contributed by atoms with Gasteiger partial charge in [0.1, 0.15) is 23.5 Å². The topological polar surface area (TPSA) is 211 Å². The molecule has 2 N–H and O–H groups in total. The summed E-state index contributed by atoms with van der Waals surface area (Å²) in [5, 5.41) is 41.0. The summed E-state index contributed by atoms with van der Waals surface area (Å²) in [5.74, 6) is -1.67. The van der Waals surface area contributed by atoms with E-state index in [2.05, 4.69) is 4.74 Å². The number of rotatable bonds is 8. The molecule has 2 fully saturated rings. The number of likely N-dealkylation sites (tertiary alicyclic amines) is 2. The van der Waals surface area contributed by atoms with Crippen LogP contribution in [0, 0.1) is 34.1 Å². The summed E-state index contributed by atoms with van der Waals surface area (Å²) >= 11 is 0. The number of esters is 1. The highest BCUT2D eigenvalue weighted by Gasteiger charge is 2.38. The average molecular weight is 615 g/mol. The largest absolute Gasteiger partial charge is 0.467 e. The maximum Gasteiger partial charge on any atom is 0.328 e. The molecule has 2 saturated heterocycles. The number of nitro groups is 2. The first-order valence-electron chi connectivity index (χ1n) is 13.8. The number of benzene rings is 2. The normalized spacial score (nSPS) is 17.5. The zero-order valence-electron chi connectivity index (χ0n) is 24.6. The smallest absolute Gasteiger partial charge is 0.328 e. The highest BCUT2D eigenvalue weighted by Crippen LogP contribution is 2.29. The van der Waals surface area contributed by atoms with E-state index in [9.17, 15) is 49.6 Å². The van der Waals surface area contributed by atoms with Crippen LogP contribution in [0.2, 0.25) is 0 Å². The predicted molar refractivity (Wildman–Crippen MR) is 154 cm³/mol. The number of nitrogens with zero attached hydrogens (tertiary/aromatic N) is 4. The zero-order chi connectivity index (χ0) is 32.7. The number of amides is 2. The molecule has 2 atom stereocenters. The SMILES string of the molecule is COC(=O)[C@@H]1CCCN1C(=O)c1cc(CO)c(C)cc1[N+](=O)[O-].Cc1cc([N+](=O)[O-])c(C(=O)N2CCC[C@H]2C=O)cc1CO. The Morgan fingerprint density at radius 2 is 1.32 bits per heavy atom. The minimum Gasteiger partial charge on any atom is -0.467 e. The second-order valence-electron chi connectivity index (χ2n) is 10.4. The van der Waals surface area contributed by atoms with Gasteiger partial charge in [0.05, 0.1) is 36.2 Å². The van der Waals surface area contributed by atoms with E-state index < -0.39 is 39.7 Å². The molecule has 44 heavy (non-hydrogen) atoms. The van der Waals surface area contributed by atoms with Crippen LogP contribution in [0.1, 0.15) is 68.7 Å². The molecule has 0 radical (unpaired) electrons. The lowest BCUT2D eigenvalue weighted by molar-refractivity contribution is -0.385. The quantitative estimate of drug-likeness (QED) is 0.191. The van der Waals surface area contributed by atoms with E-state index >= 15 is 0 Å². The number of hydrogen-bond donors (Lipinski definition) is 2. The van der Waals surface area contributed by atoms with Crippen molar-refractivity contribution in [1.82, 2.24) is 9.80 Å². The molecule has 15 heteroatoms. The van der Waals surface area contributed by atoms with Gasteiger partial charge in [0, 0.05) is 25.2 Å². The zero-order valence-corrected chi connectivity index (χ0v) is 24.6. The Hall–Kier alpha value is -4.76. The molecule has 0 saturated carbocycles. The number of aldehydes is 1. The van der Waals surface area contributed by atoms with Gasteiger partial charge in [-0.25, -0.2) is 4.79 Å². The second-order valence-corrected chi connectivity index (χ2v) is 10.4. The third-order valence-corrected chi connectivity index (χ3v) is 7.81. The Bertz CT molecular complexity index is 1480. The number of aliphatic hydroxyl groups excluding tert-OH is 2. The van der Waals surface area contributed by atoms with Gasteiger partial charge in [-0.2, -0.15) is 0 Å². The van der Waals surface area contributed by atoms with Crippen LogP contribution in [0.5, 0.6) is 0 Å². The van der Waals surface area contributed by atoms with Crippen molar-refractivity contribution < 1.29 is 44.0 Å². The van der Waals surface area contributed by atoms with Crippen LogP contribution in [0.15, 0.2) is 24.3 Å². The maximum atomic E-state index is 12.7. The lowest BCUT2D eigenvalue weighted by Crippen LogP contribution is -2.41. The molecular formula is C29H34N4O11. The van der Waals surface area contributed by atoms with Crippen molar-refractivity contribution in [3.05, 3.63) is 77.9 Å². The second kappa shape index (κ2) is 14.6. The van der Waals surface area contributed by atoms with E-state index in [4.69, 9.17) is 0 Å². The molecule has 2 heterocycles. The monoisotopic (exact) mass is 614 g/mol. The Morgan fingerprint density at radius 1 is 0.864 bits per heavy atom. The summed E-state index contributed by atoms with van der Waals surface area (Å²) in [5.41, 5.74) is 1.14. The van der Waals surface area contributed by atoms with Gasteiger partial charge in [-0.05, 0) is 73.9 Å². The number of hydrogen-bond acceptors (Lipinski definition) is 11. The van der Waals surface area contributed by atoms with Crippen LogP contribution >= 0.6 is 0 Å². The first-order valence-corrected chi connectivity index (χ1v) is 13.8. The van der Waals surface area contributed by atoms with E-state index in [1.165, 1.54) is 41.2 Å². The van der Waals surface area contributed by atoms with E-state index in [1.807, 2.05) is 0 Å². The molecule has 2 amide bonds. The Kier molecular flexibility index (Phi) is 11.2. The Labute approximate surface area is 252 Å². The van der Waals surface area contributed by atoms with Crippen molar-refractivity contribution in [1.29, 1.82) is 0 Å². The van der Waals surface area contributed by atoms with Gasteiger partial charge in [-0.15, -0.1) is 0 Å². The van der Waals surface area contributed by atoms with Crippen LogP contribution in [0.25, 0.3) is 0 Å². The van der Waals surface area contributed by atoms with Crippen LogP contribution in [-0.2, 0) is 27.5 Å². The van der Waals surface area contributed by atoms with Crippen LogP contribution in [0.4, 0.5) is 11.4 Å². The lowest BCUT2D eigenvalue weighted by atomic mass is 10.0. The highest BCUT2D eigenvalue weighted by molar-refractivity contribution is 6.01. The molecule has 0 bridgehead atoms. The minimum absolute atomic E-state index is 0.0802. The van der Waals surface area contributed by atoms with Gasteiger partial charge in [-0.3, -0.25) is 29.8 Å². The van der Waals surface area contributed by atoms with E-state index in [-0.39, 0.29) is 35.7 Å². The fourth-order valence-corrected chi connectivity index (χ4v) is 5.35. The fraction of sp³-hybridized carbons (Fsp3) is 0.448. The summed E-state index contributed by atoms with van der Waals surface area (Å²) in [6.07, 6.45) is 3.05. The van der Waals surface area contributed by atoms with Crippen molar-refractivity contribution in [2.45, 2.75) is 64.8 Å². The van der Waals surface area contributed by atoms with Crippen molar-refractivity contribution >= 4 is 35.4 Å². The minimum atomic E-state index is -0.731. The van der Waals surface area contributed by atoms with Gasteiger partial charge in [0.25, 0.3) is 23.2 Å². The summed E-state index contributed by atoms with van der Waals surface area (Å²) < 4.78 is 4.69. The van der Waals surface area contributed by atoms with Crippen molar-refractivity contribution in [2.75, 3.05) is 20.2 Å². The fourth-order valence-electron chi connectivity index (χ4n) is 5.35. The number of aryl methyl sites for hydroxylation is 2. The average Bonchev–Trinajstić information content (AvgIpc) is 3.70. The van der Waals surface area contributed by atoms with E-state index in [1.54, 1.807) is 13.8 Å². The molecule has 236 valence electrons. The summed E-state index contributed by atoms with van der Waals surface area (Å²) in [6.45, 7) is 3.36. The highest BCUT2D eigenvalue weighted by atomic mass is 16.6. The van der Waals surface area contributed by atoms with Gasteiger partial charge in [-0.1, -0.05) is 0 Å². The number of carbonyl (C=O) groups is 4. The Balaban J connectivity index is 0.000000241. The van der Waals surface area contributed by atoms with E-state index in [0.29, 0.717) is 67.3 Å². The lowest BCUT2D eigenvalue weighted by Gasteiger charge is -2.23. The molecular weight excluding hydrogens is 580 g/mol. The molecule has 2 aromatic rings. The maximum absolute atomic E-state index is 12.7. The molecule has 0 aliphatic carbocycles. The Morgan fingerprint density at radius 3 is 1.75 bits per heavy atom. The first-order chi connectivity index (χ1) is 20.9. The third-order valence-electron chi connectivity index (χ3n) is 7.81. The molecule has 0 aromatic heterocycles. The van der Waals surface area contributed by atoms with Crippen molar-refractivity contribution in [2.24, 2.45) is 0 Å². The number of aliphatic hydroxyl groups is 2. The summed E-state index contributed by atoms with van der Waals surface area (Å²) in [7, 11) is 1.24. The van der Waals surface area contributed by atoms with Gasteiger partial charge >= 0.3 is 5.97 Å². The standard InChI is InChI=1S/C15H18N2O6.C14H16N2O5/c1-9-6-13(17(21)22)11(7-10(9)8-18)14(19)16-5-3-4-12(16)15(20)23-2;1-9-5-13(16(20)21)12(6-10(9)7-17)14(19)15-4-2-3-11(15)8-18/h6-7,12,18H,3-5,8H2,1-2H3;5-6,8,11,17H,2-4,7H2,1H3/t12-;11-/m00/s1. The van der Waals surface area contributed by atoms with Gasteiger partial charge in [0.15, 0.2) is 0 Å². The third kappa shape index (κ3) is 7.06. The van der Waals surface area contributed by atoms with Crippen molar-refractivity contribution in [3.63, 3.8) is 0 Å². The summed E-state index contributed by atoms with van der Waals surface area (Å²) in [6, 6.07) is 3.95. The van der Waals surface area contributed by atoms with Crippen LogP contribution in [0.3, 0.4) is 0 Å². The number of nitro benzene ring substituents is 2. The molecule has 2 aliphatic rings. The number of carbonyl (C=O) groups excluding carboxylic acids is 4.